The third-order valence-electron chi connectivity index (χ3n) is 4.90. The molecule has 1 N–H and O–H groups in total. The normalized spacial score (nSPS) is 11.8. The van der Waals surface area contributed by atoms with E-state index < -0.39 is 9.15 Å². The maximum Gasteiger partial charge on any atom is 0.319 e. The summed E-state index contributed by atoms with van der Waals surface area (Å²) >= 11 is 3.80. The number of thioether (sulfide) groups is 2. The molecule has 0 aliphatic heterocycles. The van der Waals surface area contributed by atoms with Crippen LogP contribution in [0.15, 0.2) is 70.5 Å². The summed E-state index contributed by atoms with van der Waals surface area (Å²) in [6.07, 6.45) is 6.96. The van der Waals surface area contributed by atoms with Crippen molar-refractivity contribution in [1.29, 1.82) is 0 Å². The van der Waals surface area contributed by atoms with Gasteiger partial charge in [0, 0.05) is 22.1 Å². The Hall–Kier alpha value is -0.640. The molecule has 0 saturated heterocycles. The molecule has 0 aliphatic carbocycles. The second kappa shape index (κ2) is 16.9. The first-order valence-electron chi connectivity index (χ1n) is 11.2. The van der Waals surface area contributed by atoms with Gasteiger partial charge in [0.1, 0.15) is 0 Å². The first-order valence-corrected chi connectivity index (χ1v) is 16.1. The molecule has 0 bridgehead atoms. The summed E-state index contributed by atoms with van der Waals surface area (Å²) in [5.41, 5.74) is 0. The minimum absolute atomic E-state index is 0.409. The van der Waals surface area contributed by atoms with Gasteiger partial charge in [0.2, 0.25) is 0 Å². The van der Waals surface area contributed by atoms with Crippen molar-refractivity contribution in [2.45, 2.75) is 48.3 Å². The number of nitrogens with zero attached hydrogens (tertiary/aromatic N) is 1. The monoisotopic (exact) mass is 513 g/mol. The fourth-order valence-corrected chi connectivity index (χ4v) is 6.52. The van der Waals surface area contributed by atoms with E-state index in [0.29, 0.717) is 23.1 Å². The van der Waals surface area contributed by atoms with E-state index in [1.165, 1.54) is 35.5 Å². The van der Waals surface area contributed by atoms with Gasteiger partial charge in [0.15, 0.2) is 0 Å². The van der Waals surface area contributed by atoms with Gasteiger partial charge in [0.05, 0.1) is 0 Å². The number of rotatable bonds is 18. The minimum atomic E-state index is -3.95. The number of unbranched alkanes of at least 4 members (excludes halogenated alkanes) is 4. The van der Waals surface area contributed by atoms with E-state index in [-0.39, 0.29) is 0 Å². The van der Waals surface area contributed by atoms with Crippen molar-refractivity contribution in [3.8, 4) is 0 Å². The lowest BCUT2D eigenvalue weighted by atomic mass is 10.2. The van der Waals surface area contributed by atoms with Gasteiger partial charge in [0.25, 0.3) is 0 Å². The Kier molecular flexibility index (Phi) is 14.6. The Morgan fingerprint density at radius 2 is 1.09 bits per heavy atom. The molecule has 0 aromatic heterocycles. The summed E-state index contributed by atoms with van der Waals surface area (Å²) in [6, 6.07) is 21.0. The van der Waals surface area contributed by atoms with Crippen LogP contribution in [0.3, 0.4) is 0 Å². The molecule has 8 heteroatoms. The van der Waals surface area contributed by atoms with Crippen LogP contribution in [-0.4, -0.2) is 54.8 Å². The van der Waals surface area contributed by atoms with Gasteiger partial charge in [-0.2, -0.15) is 8.42 Å². The molecule has 2 aromatic carbocycles. The molecule has 2 rings (SSSR count). The number of benzene rings is 2. The van der Waals surface area contributed by atoms with Crippen LogP contribution in [0.25, 0.3) is 0 Å². The fourth-order valence-electron chi connectivity index (χ4n) is 3.25. The molecule has 0 saturated carbocycles. The molecule has 178 valence electrons. The summed E-state index contributed by atoms with van der Waals surface area (Å²) in [6.45, 7) is 2.67. The maximum atomic E-state index is 11.0. The van der Waals surface area contributed by atoms with E-state index >= 15 is 0 Å². The van der Waals surface area contributed by atoms with Crippen LogP contribution in [-0.2, 0) is 9.15 Å². The molecule has 0 aliphatic rings. The lowest BCUT2D eigenvalue weighted by molar-refractivity contribution is 0.278. The van der Waals surface area contributed by atoms with Crippen molar-refractivity contribution in [2.75, 3.05) is 36.9 Å². The van der Waals surface area contributed by atoms with Gasteiger partial charge in [-0.05, 0) is 85.3 Å². The summed E-state index contributed by atoms with van der Waals surface area (Å²) in [7, 11) is -3.32. The maximum absolute atomic E-state index is 11.0. The third kappa shape index (κ3) is 14.5. The molecule has 0 heterocycles. The molecular formula is C24H35NO3S4. The largest absolute Gasteiger partial charge is 0.319 e. The van der Waals surface area contributed by atoms with Crippen LogP contribution >= 0.6 is 34.3 Å². The van der Waals surface area contributed by atoms with Crippen molar-refractivity contribution in [1.82, 2.24) is 4.90 Å². The van der Waals surface area contributed by atoms with Crippen LogP contribution < -0.4 is 0 Å². The SMILES string of the molecule is O=S(=O)(O)SCCN(CCCCCSc1ccccc1)CCCCCSc1ccccc1. The number of hydrogen-bond donors (Lipinski definition) is 1. The molecular weight excluding hydrogens is 479 g/mol. The highest BCUT2D eigenvalue weighted by atomic mass is 33.1. The summed E-state index contributed by atoms with van der Waals surface area (Å²) in [4.78, 5) is 5.00. The molecule has 0 unspecified atom stereocenters. The average molecular weight is 514 g/mol. The second-order valence-corrected chi connectivity index (χ2v) is 13.3. The van der Waals surface area contributed by atoms with E-state index in [1.54, 1.807) is 0 Å². The van der Waals surface area contributed by atoms with E-state index in [9.17, 15) is 8.42 Å². The van der Waals surface area contributed by atoms with E-state index in [1.807, 2.05) is 35.7 Å². The van der Waals surface area contributed by atoms with Gasteiger partial charge in [-0.1, -0.05) is 49.2 Å². The van der Waals surface area contributed by atoms with Crippen LogP contribution in [0.4, 0.5) is 0 Å². The van der Waals surface area contributed by atoms with Gasteiger partial charge >= 0.3 is 9.15 Å². The molecule has 0 atom stereocenters. The fraction of sp³-hybridized carbons (Fsp3) is 0.500. The zero-order valence-corrected chi connectivity index (χ0v) is 21.9. The molecule has 0 spiro atoms. The van der Waals surface area contributed by atoms with Crippen LogP contribution in [0, 0.1) is 0 Å². The Morgan fingerprint density at radius 3 is 1.53 bits per heavy atom. The lowest BCUT2D eigenvalue weighted by Gasteiger charge is -2.22. The van der Waals surface area contributed by atoms with Crippen LogP contribution in [0.1, 0.15) is 38.5 Å². The van der Waals surface area contributed by atoms with E-state index in [2.05, 4.69) is 53.4 Å². The molecule has 32 heavy (non-hydrogen) atoms. The van der Waals surface area contributed by atoms with Crippen molar-refractivity contribution in [3.05, 3.63) is 60.7 Å². The van der Waals surface area contributed by atoms with Crippen molar-refractivity contribution in [2.24, 2.45) is 0 Å². The molecule has 0 amide bonds. The zero-order valence-electron chi connectivity index (χ0n) is 18.6. The van der Waals surface area contributed by atoms with Crippen molar-refractivity contribution in [3.63, 3.8) is 0 Å². The van der Waals surface area contributed by atoms with Gasteiger partial charge in [-0.15, -0.1) is 23.5 Å². The highest BCUT2D eigenvalue weighted by molar-refractivity contribution is 8.69. The van der Waals surface area contributed by atoms with Crippen molar-refractivity contribution >= 4 is 43.5 Å². The Balaban J connectivity index is 1.59. The van der Waals surface area contributed by atoms with Gasteiger partial charge < -0.3 is 4.90 Å². The molecule has 2 aromatic rings. The van der Waals surface area contributed by atoms with Crippen molar-refractivity contribution < 1.29 is 13.0 Å². The summed E-state index contributed by atoms with van der Waals surface area (Å²) in [5, 5.41) is 0. The molecule has 0 fully saturated rings. The van der Waals surface area contributed by atoms with Gasteiger partial charge in [-0.25, -0.2) is 0 Å². The highest BCUT2D eigenvalue weighted by Crippen LogP contribution is 2.20. The third-order valence-corrected chi connectivity index (χ3v) is 9.14. The quantitative estimate of drug-likeness (QED) is 0.102. The summed E-state index contributed by atoms with van der Waals surface area (Å²) < 4.78 is 31.0. The van der Waals surface area contributed by atoms with Crippen LogP contribution in [0.2, 0.25) is 0 Å². The predicted molar refractivity (Wildman–Crippen MR) is 142 cm³/mol. The average Bonchev–Trinajstić information content (AvgIpc) is 2.78. The molecule has 4 nitrogen and oxygen atoms in total. The van der Waals surface area contributed by atoms with Gasteiger partial charge in [-0.3, -0.25) is 4.55 Å². The highest BCUT2D eigenvalue weighted by Gasteiger charge is 2.09. The Bertz CT molecular complexity index is 768. The summed E-state index contributed by atoms with van der Waals surface area (Å²) in [5.74, 6) is 2.66. The predicted octanol–water partition coefficient (Wildman–Crippen LogP) is 6.75. The second-order valence-electron chi connectivity index (χ2n) is 7.54. The van der Waals surface area contributed by atoms with Crippen LogP contribution in [0.5, 0.6) is 0 Å². The first-order chi connectivity index (χ1) is 15.5. The first kappa shape index (κ1) is 27.6. The topological polar surface area (TPSA) is 57.6 Å². The number of hydrogen-bond acceptors (Lipinski definition) is 6. The van der Waals surface area contributed by atoms with E-state index in [4.69, 9.17) is 4.55 Å². The van der Waals surface area contributed by atoms with E-state index in [0.717, 1.165) is 37.4 Å². The smallest absolute Gasteiger partial charge is 0.302 e. The lowest BCUT2D eigenvalue weighted by Crippen LogP contribution is -2.29. The molecule has 0 radical (unpaired) electrons. The Morgan fingerprint density at radius 1 is 0.625 bits per heavy atom. The Labute approximate surface area is 206 Å². The standard InChI is InChI=1S/C24H35NO3S4/c26-32(27,28)31-22-19-25(17-9-3-11-20-29-23-13-5-1-6-14-23)18-10-4-12-21-30-24-15-7-2-8-16-24/h1-2,5-8,13-16H,3-4,9-12,17-22H2,(H,26,27,28). The minimum Gasteiger partial charge on any atom is -0.302 e. The zero-order chi connectivity index (χ0) is 22.9.